The van der Waals surface area contributed by atoms with Crippen molar-refractivity contribution in [3.63, 3.8) is 0 Å². The van der Waals surface area contributed by atoms with Crippen LogP contribution in [0.4, 0.5) is 23.2 Å². The van der Waals surface area contributed by atoms with E-state index >= 15 is 0 Å². The zero-order chi connectivity index (χ0) is 19.8. The van der Waals surface area contributed by atoms with Gasteiger partial charge in [-0.05, 0) is 54.1 Å². The van der Waals surface area contributed by atoms with Crippen LogP contribution in [0.25, 0.3) is 11.3 Å². The van der Waals surface area contributed by atoms with E-state index in [1.54, 1.807) is 7.05 Å². The van der Waals surface area contributed by atoms with Crippen LogP contribution in [0.2, 0.25) is 5.02 Å². The molecule has 1 aromatic heterocycles. The minimum absolute atomic E-state index is 0.0229. The number of amides is 1. The van der Waals surface area contributed by atoms with Crippen LogP contribution in [-0.4, -0.2) is 15.7 Å². The molecule has 0 spiro atoms. The lowest BCUT2D eigenvalue weighted by atomic mass is 10.1. The molecule has 0 aliphatic heterocycles. The maximum absolute atomic E-state index is 13.1. The zero-order valence-electron chi connectivity index (χ0n) is 13.8. The molecule has 0 aliphatic rings. The van der Waals surface area contributed by atoms with Gasteiger partial charge in [-0.2, -0.15) is 18.3 Å². The van der Waals surface area contributed by atoms with Gasteiger partial charge < -0.3 is 5.32 Å². The maximum Gasteiger partial charge on any atom is 0.416 e. The summed E-state index contributed by atoms with van der Waals surface area (Å²) in [6, 6.07) is 9.67. The third kappa shape index (κ3) is 4.11. The van der Waals surface area contributed by atoms with Crippen LogP contribution in [-0.2, 0) is 13.2 Å². The Labute approximate surface area is 156 Å². The molecule has 9 heteroatoms. The number of anilines is 1. The van der Waals surface area contributed by atoms with Crippen LogP contribution < -0.4 is 5.32 Å². The molecule has 1 heterocycles. The Hall–Kier alpha value is -2.87. The molecule has 0 radical (unpaired) electrons. The fourth-order valence-corrected chi connectivity index (χ4v) is 2.62. The monoisotopic (exact) mass is 397 g/mol. The van der Waals surface area contributed by atoms with Gasteiger partial charge in [0.15, 0.2) is 5.69 Å². The van der Waals surface area contributed by atoms with Gasteiger partial charge >= 0.3 is 6.18 Å². The molecule has 0 aliphatic carbocycles. The quantitative estimate of drug-likeness (QED) is 0.621. The molecule has 3 rings (SSSR count). The number of carbonyl (C=O) groups excluding carboxylic acids is 1. The number of carbonyl (C=O) groups is 1. The van der Waals surface area contributed by atoms with E-state index in [0.717, 1.165) is 18.2 Å². The van der Waals surface area contributed by atoms with Gasteiger partial charge in [0, 0.05) is 7.05 Å². The summed E-state index contributed by atoms with van der Waals surface area (Å²) in [7, 11) is 1.59. The second kappa shape index (κ2) is 7.03. The van der Waals surface area contributed by atoms with Crippen LogP contribution >= 0.6 is 11.6 Å². The largest absolute Gasteiger partial charge is 0.416 e. The Morgan fingerprint density at radius 3 is 2.41 bits per heavy atom. The first-order chi connectivity index (χ1) is 12.6. The number of aryl methyl sites for hydroxylation is 1. The number of nitrogens with zero attached hydrogens (tertiary/aromatic N) is 2. The van der Waals surface area contributed by atoms with Gasteiger partial charge in [0.05, 0.1) is 22.0 Å². The number of alkyl halides is 3. The van der Waals surface area contributed by atoms with E-state index in [2.05, 4.69) is 10.4 Å². The maximum atomic E-state index is 13.1. The summed E-state index contributed by atoms with van der Waals surface area (Å²) in [6.07, 6.45) is -4.56. The summed E-state index contributed by atoms with van der Waals surface area (Å²) < 4.78 is 53.0. The van der Waals surface area contributed by atoms with Crippen molar-refractivity contribution in [3.8, 4) is 11.3 Å². The van der Waals surface area contributed by atoms with Crippen molar-refractivity contribution in [1.82, 2.24) is 9.78 Å². The van der Waals surface area contributed by atoms with Crippen LogP contribution in [0.1, 0.15) is 16.1 Å². The van der Waals surface area contributed by atoms with Crippen molar-refractivity contribution in [2.45, 2.75) is 6.18 Å². The Balaban J connectivity index is 1.87. The third-order valence-electron chi connectivity index (χ3n) is 3.79. The summed E-state index contributed by atoms with van der Waals surface area (Å²) in [5, 5.41) is 6.35. The highest BCUT2D eigenvalue weighted by Crippen LogP contribution is 2.34. The molecular weight excluding hydrogens is 386 g/mol. The number of hydrogen-bond acceptors (Lipinski definition) is 2. The molecule has 0 bridgehead atoms. The van der Waals surface area contributed by atoms with E-state index in [9.17, 15) is 22.4 Å². The van der Waals surface area contributed by atoms with Crippen molar-refractivity contribution in [2.75, 3.05) is 5.32 Å². The fourth-order valence-electron chi connectivity index (χ4n) is 2.45. The number of rotatable bonds is 3. The van der Waals surface area contributed by atoms with Crippen LogP contribution in [0.15, 0.2) is 48.5 Å². The number of hydrogen-bond donors (Lipinski definition) is 1. The van der Waals surface area contributed by atoms with Crippen LogP contribution in [0, 0.1) is 5.82 Å². The summed E-state index contributed by atoms with van der Waals surface area (Å²) >= 11 is 5.88. The van der Waals surface area contributed by atoms with Gasteiger partial charge in [-0.3, -0.25) is 9.48 Å². The molecule has 1 N–H and O–H groups in total. The second-order valence-corrected chi connectivity index (χ2v) is 6.10. The first-order valence-electron chi connectivity index (χ1n) is 7.63. The molecule has 1 amide bonds. The van der Waals surface area contributed by atoms with Crippen molar-refractivity contribution in [2.24, 2.45) is 7.05 Å². The highest BCUT2D eigenvalue weighted by Gasteiger charge is 2.31. The summed E-state index contributed by atoms with van der Waals surface area (Å²) in [4.78, 5) is 12.4. The topological polar surface area (TPSA) is 46.9 Å². The van der Waals surface area contributed by atoms with E-state index < -0.39 is 23.5 Å². The molecule has 0 fully saturated rings. The predicted molar refractivity (Wildman–Crippen MR) is 93.0 cm³/mol. The molecule has 0 atom stereocenters. The molecular formula is C18H12ClF4N3O. The van der Waals surface area contributed by atoms with Crippen molar-refractivity contribution in [1.29, 1.82) is 0 Å². The van der Waals surface area contributed by atoms with Gasteiger partial charge in [0.1, 0.15) is 5.82 Å². The van der Waals surface area contributed by atoms with Crippen molar-refractivity contribution < 1.29 is 22.4 Å². The highest BCUT2D eigenvalue weighted by atomic mass is 35.5. The summed E-state index contributed by atoms with van der Waals surface area (Å²) in [5.74, 6) is -1.13. The number of benzene rings is 2. The second-order valence-electron chi connectivity index (χ2n) is 5.69. The van der Waals surface area contributed by atoms with E-state index in [1.165, 1.54) is 35.0 Å². The molecule has 0 unspecified atom stereocenters. The summed E-state index contributed by atoms with van der Waals surface area (Å²) in [5.41, 5.74) is 0.0313. The molecule has 27 heavy (non-hydrogen) atoms. The van der Waals surface area contributed by atoms with Gasteiger partial charge in [0.2, 0.25) is 0 Å². The standard InChI is InChI=1S/C18H12ClF4N3O/c1-26-16(10-2-5-12(20)6-3-10)9-15(25-26)17(27)24-14-8-11(18(21,22)23)4-7-13(14)19/h2-9H,1H3,(H,24,27). The number of nitrogens with one attached hydrogen (secondary N) is 1. The third-order valence-corrected chi connectivity index (χ3v) is 4.12. The number of halogens is 5. The smallest absolute Gasteiger partial charge is 0.319 e. The fraction of sp³-hybridized carbons (Fsp3) is 0.111. The first-order valence-corrected chi connectivity index (χ1v) is 8.01. The Bertz CT molecular complexity index is 997. The molecule has 3 aromatic rings. The van der Waals surface area contributed by atoms with Crippen molar-refractivity contribution in [3.05, 3.63) is 70.6 Å². The summed E-state index contributed by atoms with van der Waals surface area (Å²) in [6.45, 7) is 0. The minimum atomic E-state index is -4.56. The van der Waals surface area contributed by atoms with Gasteiger partial charge in [-0.25, -0.2) is 4.39 Å². The van der Waals surface area contributed by atoms with Gasteiger partial charge in [-0.1, -0.05) is 11.6 Å². The van der Waals surface area contributed by atoms with E-state index in [-0.39, 0.29) is 16.4 Å². The molecule has 0 saturated heterocycles. The lowest BCUT2D eigenvalue weighted by Crippen LogP contribution is -2.14. The van der Waals surface area contributed by atoms with Crippen LogP contribution in [0.3, 0.4) is 0 Å². The Morgan fingerprint density at radius 1 is 1.11 bits per heavy atom. The van der Waals surface area contributed by atoms with Gasteiger partial charge in [-0.15, -0.1) is 0 Å². The molecule has 2 aromatic carbocycles. The zero-order valence-corrected chi connectivity index (χ0v) is 14.6. The van der Waals surface area contributed by atoms with E-state index in [1.807, 2.05) is 0 Å². The first kappa shape index (κ1) is 18.9. The average Bonchev–Trinajstić information content (AvgIpc) is 2.98. The normalized spacial score (nSPS) is 11.5. The predicted octanol–water partition coefficient (Wildman–Crippen LogP) is 5.15. The molecule has 0 saturated carbocycles. The minimum Gasteiger partial charge on any atom is -0.319 e. The van der Waals surface area contributed by atoms with E-state index in [4.69, 9.17) is 11.6 Å². The van der Waals surface area contributed by atoms with E-state index in [0.29, 0.717) is 11.3 Å². The molecule has 140 valence electrons. The average molecular weight is 398 g/mol. The van der Waals surface area contributed by atoms with Crippen molar-refractivity contribution >= 4 is 23.2 Å². The Morgan fingerprint density at radius 2 is 1.78 bits per heavy atom. The lowest BCUT2D eigenvalue weighted by molar-refractivity contribution is -0.137. The Kier molecular flexibility index (Phi) is 4.93. The molecule has 4 nitrogen and oxygen atoms in total. The number of aromatic nitrogens is 2. The lowest BCUT2D eigenvalue weighted by Gasteiger charge is -2.11. The highest BCUT2D eigenvalue weighted by molar-refractivity contribution is 6.33. The van der Waals surface area contributed by atoms with Crippen LogP contribution in [0.5, 0.6) is 0 Å². The van der Waals surface area contributed by atoms with Gasteiger partial charge in [0.25, 0.3) is 5.91 Å². The SMILES string of the molecule is Cn1nc(C(=O)Nc2cc(C(F)(F)F)ccc2Cl)cc1-c1ccc(F)cc1.